The minimum atomic E-state index is -4.14. The molecule has 0 aromatic rings. The van der Waals surface area contributed by atoms with Crippen molar-refractivity contribution < 1.29 is 29.7 Å². The first-order valence-electron chi connectivity index (χ1n) is 3.76. The van der Waals surface area contributed by atoms with Gasteiger partial charge >= 0.3 is 7.60 Å². The van der Waals surface area contributed by atoms with E-state index in [1.807, 2.05) is 0 Å². The molecule has 13 heavy (non-hydrogen) atoms. The highest BCUT2D eigenvalue weighted by Crippen LogP contribution is 2.38. The van der Waals surface area contributed by atoms with E-state index in [1.165, 1.54) is 0 Å². The molecule has 0 atom stereocenters. The molecular formula is C6H15O6P. The molecule has 0 aliphatic carbocycles. The Kier molecular flexibility index (Phi) is 5.06. The lowest BCUT2D eigenvalue weighted by Gasteiger charge is -2.27. The summed E-state index contributed by atoms with van der Waals surface area (Å²) in [7, 11) is -4.14. The van der Waals surface area contributed by atoms with Crippen LogP contribution < -0.4 is 0 Å². The molecule has 0 spiro atoms. The molecule has 5 N–H and O–H groups in total. The first kappa shape index (κ1) is 13.0. The Bertz CT molecular complexity index is 175. The Morgan fingerprint density at radius 2 is 1.38 bits per heavy atom. The van der Waals surface area contributed by atoms with Crippen molar-refractivity contribution in [2.75, 3.05) is 26.0 Å². The molecule has 0 unspecified atom stereocenters. The maximum absolute atomic E-state index is 10.5. The molecule has 7 heteroatoms. The van der Waals surface area contributed by atoms with Crippen molar-refractivity contribution in [3.8, 4) is 0 Å². The zero-order chi connectivity index (χ0) is 10.5. The Morgan fingerprint density at radius 3 is 1.62 bits per heavy atom. The van der Waals surface area contributed by atoms with Crippen LogP contribution in [0.1, 0.15) is 6.42 Å². The van der Waals surface area contributed by atoms with E-state index in [-0.39, 0.29) is 6.42 Å². The Labute approximate surface area is 76.0 Å². The van der Waals surface area contributed by atoms with Gasteiger partial charge in [-0.1, -0.05) is 0 Å². The molecule has 0 amide bonds. The van der Waals surface area contributed by atoms with Gasteiger partial charge in [0.15, 0.2) is 0 Å². The third-order valence-corrected chi connectivity index (χ3v) is 2.75. The Balaban J connectivity index is 4.19. The van der Waals surface area contributed by atoms with Gasteiger partial charge in [-0.15, -0.1) is 0 Å². The first-order valence-corrected chi connectivity index (χ1v) is 5.56. The maximum Gasteiger partial charge on any atom is 0.325 e. The second-order valence-electron chi connectivity index (χ2n) is 3.11. The van der Waals surface area contributed by atoms with Gasteiger partial charge < -0.3 is 25.1 Å². The van der Waals surface area contributed by atoms with E-state index in [2.05, 4.69) is 0 Å². The molecule has 0 radical (unpaired) electrons. The van der Waals surface area contributed by atoms with Gasteiger partial charge in [0.1, 0.15) is 0 Å². The Hall–Kier alpha value is 0.0300. The molecule has 0 aromatic heterocycles. The molecule has 0 bridgehead atoms. The van der Waals surface area contributed by atoms with Crippen LogP contribution in [0.3, 0.4) is 0 Å². The summed E-state index contributed by atoms with van der Waals surface area (Å²) in [5, 5.41) is 26.4. The van der Waals surface area contributed by atoms with Crippen molar-refractivity contribution in [3.63, 3.8) is 0 Å². The number of aliphatic hydroxyl groups is 3. The zero-order valence-electron chi connectivity index (χ0n) is 7.13. The maximum atomic E-state index is 10.5. The third-order valence-electron chi connectivity index (χ3n) is 1.94. The van der Waals surface area contributed by atoms with Gasteiger partial charge in [-0.2, -0.15) is 0 Å². The van der Waals surface area contributed by atoms with E-state index in [0.717, 1.165) is 0 Å². The zero-order valence-corrected chi connectivity index (χ0v) is 8.02. The minimum absolute atomic E-state index is 0.110. The lowest BCUT2D eigenvalue weighted by molar-refractivity contribution is 0.00298. The van der Waals surface area contributed by atoms with E-state index in [4.69, 9.17) is 25.1 Å². The minimum Gasteiger partial charge on any atom is -0.396 e. The summed E-state index contributed by atoms with van der Waals surface area (Å²) in [6, 6.07) is 0. The molecule has 0 rings (SSSR count). The summed E-state index contributed by atoms with van der Waals surface area (Å²) in [6.07, 6.45) is -0.560. The monoisotopic (exact) mass is 214 g/mol. The summed E-state index contributed by atoms with van der Waals surface area (Å²) >= 11 is 0. The van der Waals surface area contributed by atoms with Crippen LogP contribution in [-0.2, 0) is 4.57 Å². The molecule has 0 aliphatic rings. The van der Waals surface area contributed by atoms with Crippen molar-refractivity contribution in [2.24, 2.45) is 5.41 Å². The van der Waals surface area contributed by atoms with Gasteiger partial charge in [-0.25, -0.2) is 0 Å². The first-order chi connectivity index (χ1) is 5.89. The average Bonchev–Trinajstić information content (AvgIpc) is 2.06. The van der Waals surface area contributed by atoms with Crippen LogP contribution in [0, 0.1) is 5.41 Å². The SMILES string of the molecule is O=P(O)(O)CCC(CO)(CO)CO. The summed E-state index contributed by atoms with van der Waals surface area (Å²) < 4.78 is 10.5. The molecule has 0 fully saturated rings. The predicted octanol–water partition coefficient (Wildman–Crippen LogP) is -1.48. The van der Waals surface area contributed by atoms with Crippen LogP contribution >= 0.6 is 7.60 Å². The molecule has 0 heterocycles. The summed E-state index contributed by atoms with van der Waals surface area (Å²) in [5.41, 5.74) is -1.19. The number of hydrogen-bond donors (Lipinski definition) is 5. The second-order valence-corrected chi connectivity index (χ2v) is 4.89. The fraction of sp³-hybridized carbons (Fsp3) is 1.00. The van der Waals surface area contributed by atoms with E-state index in [9.17, 15) is 4.57 Å². The van der Waals surface area contributed by atoms with Crippen LogP contribution in [0.5, 0.6) is 0 Å². The number of hydrogen-bond acceptors (Lipinski definition) is 4. The van der Waals surface area contributed by atoms with Gasteiger partial charge in [0, 0.05) is 5.41 Å². The van der Waals surface area contributed by atoms with Crippen LogP contribution in [0.2, 0.25) is 0 Å². The van der Waals surface area contributed by atoms with Crippen LogP contribution in [-0.4, -0.2) is 51.1 Å². The van der Waals surface area contributed by atoms with Crippen molar-refractivity contribution in [2.45, 2.75) is 6.42 Å². The summed E-state index contributed by atoms with van der Waals surface area (Å²) in [6.45, 7) is -1.50. The van der Waals surface area contributed by atoms with Gasteiger partial charge in [0.05, 0.1) is 26.0 Å². The van der Waals surface area contributed by atoms with Gasteiger partial charge in [-0.3, -0.25) is 4.57 Å². The lowest BCUT2D eigenvalue weighted by Crippen LogP contribution is -2.34. The fourth-order valence-electron chi connectivity index (χ4n) is 0.770. The van der Waals surface area contributed by atoms with Crippen LogP contribution in [0.25, 0.3) is 0 Å². The average molecular weight is 214 g/mol. The van der Waals surface area contributed by atoms with E-state index < -0.39 is 39.0 Å². The van der Waals surface area contributed by atoms with Crippen LogP contribution in [0.4, 0.5) is 0 Å². The second kappa shape index (κ2) is 5.05. The van der Waals surface area contributed by atoms with E-state index in [0.29, 0.717) is 0 Å². The van der Waals surface area contributed by atoms with Crippen molar-refractivity contribution in [3.05, 3.63) is 0 Å². The molecule has 0 aromatic carbocycles. The highest BCUT2D eigenvalue weighted by molar-refractivity contribution is 7.51. The van der Waals surface area contributed by atoms with Crippen molar-refractivity contribution >= 4 is 7.60 Å². The smallest absolute Gasteiger partial charge is 0.325 e. The molecule has 80 valence electrons. The Morgan fingerprint density at radius 1 is 1.00 bits per heavy atom. The normalized spacial score (nSPS) is 13.3. The topological polar surface area (TPSA) is 118 Å². The summed E-state index contributed by atoms with van der Waals surface area (Å²) in [5.74, 6) is 0. The third kappa shape index (κ3) is 4.71. The predicted molar refractivity (Wildman–Crippen MR) is 45.2 cm³/mol. The highest BCUT2D eigenvalue weighted by atomic mass is 31.2. The molecule has 0 saturated heterocycles. The number of aliphatic hydroxyl groups excluding tert-OH is 3. The molecular weight excluding hydrogens is 199 g/mol. The summed E-state index contributed by atoms with van der Waals surface area (Å²) in [4.78, 5) is 17.1. The van der Waals surface area contributed by atoms with E-state index >= 15 is 0 Å². The molecule has 6 nitrogen and oxygen atoms in total. The molecule has 0 aliphatic heterocycles. The highest BCUT2D eigenvalue weighted by Gasteiger charge is 2.30. The number of rotatable bonds is 6. The quantitative estimate of drug-likeness (QED) is 0.344. The van der Waals surface area contributed by atoms with E-state index in [1.54, 1.807) is 0 Å². The van der Waals surface area contributed by atoms with Gasteiger partial charge in [0.25, 0.3) is 0 Å². The van der Waals surface area contributed by atoms with Crippen molar-refractivity contribution in [1.29, 1.82) is 0 Å². The van der Waals surface area contributed by atoms with Crippen molar-refractivity contribution in [1.82, 2.24) is 0 Å². The van der Waals surface area contributed by atoms with Gasteiger partial charge in [0.2, 0.25) is 0 Å². The van der Waals surface area contributed by atoms with Gasteiger partial charge in [-0.05, 0) is 6.42 Å². The van der Waals surface area contributed by atoms with Crippen LogP contribution in [0.15, 0.2) is 0 Å². The lowest BCUT2D eigenvalue weighted by atomic mass is 9.88. The largest absolute Gasteiger partial charge is 0.396 e. The molecule has 0 saturated carbocycles. The standard InChI is InChI=1S/C6H15O6P/c7-3-6(4-8,5-9)1-2-13(10,11)12/h7-9H,1-5H2,(H2,10,11,12). The fourth-order valence-corrected chi connectivity index (χ4v) is 1.54.